The van der Waals surface area contributed by atoms with Gasteiger partial charge in [-0.2, -0.15) is 13.2 Å². The highest BCUT2D eigenvalue weighted by Crippen LogP contribution is 2.27. The molecule has 1 aliphatic rings. The summed E-state index contributed by atoms with van der Waals surface area (Å²) in [6, 6.07) is 6.33. The molecule has 9 heteroatoms. The highest BCUT2D eigenvalue weighted by atomic mass is 32.2. The summed E-state index contributed by atoms with van der Waals surface area (Å²) in [5.41, 5.74) is 0.208. The number of nitrogens with zero attached hydrogens (tertiary/aromatic N) is 1. The van der Waals surface area contributed by atoms with E-state index in [1.165, 1.54) is 17.8 Å². The zero-order chi connectivity index (χ0) is 17.3. The summed E-state index contributed by atoms with van der Waals surface area (Å²) in [5, 5.41) is 5.47. The van der Waals surface area contributed by atoms with Gasteiger partial charge in [-0.25, -0.2) is 4.99 Å². The van der Waals surface area contributed by atoms with Crippen LogP contribution in [-0.2, 0) is 10.5 Å². The summed E-state index contributed by atoms with van der Waals surface area (Å²) in [7, 11) is 0. The first-order valence-electron chi connectivity index (χ1n) is 6.60. The smallest absolute Gasteiger partial charge is 0.327 e. The van der Waals surface area contributed by atoms with E-state index in [4.69, 9.17) is 12.2 Å². The number of amides is 1. The molecule has 124 valence electrons. The molecule has 0 aromatic heterocycles. The summed E-state index contributed by atoms with van der Waals surface area (Å²) in [4.78, 5) is 16.1. The Morgan fingerprint density at radius 3 is 2.61 bits per heavy atom. The first-order valence-corrected chi connectivity index (χ1v) is 7.99. The Morgan fingerprint density at radius 1 is 1.39 bits per heavy atom. The van der Waals surface area contributed by atoms with Gasteiger partial charge in [0.25, 0.3) is 0 Å². The maximum atomic E-state index is 12.4. The van der Waals surface area contributed by atoms with E-state index in [-0.39, 0.29) is 5.69 Å². The largest absolute Gasteiger partial charge is 0.471 e. The van der Waals surface area contributed by atoms with Crippen LogP contribution < -0.4 is 10.6 Å². The van der Waals surface area contributed by atoms with Crippen molar-refractivity contribution in [1.82, 2.24) is 5.32 Å². The fourth-order valence-electron chi connectivity index (χ4n) is 1.76. The van der Waals surface area contributed by atoms with E-state index in [2.05, 4.69) is 10.3 Å². The van der Waals surface area contributed by atoms with Crippen LogP contribution in [0, 0.1) is 0 Å². The molecule has 0 saturated carbocycles. The SMILES string of the molecule is CC1(C)N=C(SCc2ccccc2NC(=O)C(F)(F)F)NC1=S. The van der Waals surface area contributed by atoms with Crippen molar-refractivity contribution < 1.29 is 18.0 Å². The van der Waals surface area contributed by atoms with Gasteiger partial charge in [-0.05, 0) is 25.5 Å². The molecule has 0 bridgehead atoms. The van der Waals surface area contributed by atoms with Gasteiger partial charge in [-0.3, -0.25) is 4.79 Å². The molecule has 0 unspecified atom stereocenters. The zero-order valence-electron chi connectivity index (χ0n) is 12.3. The number of thioether (sulfide) groups is 1. The van der Waals surface area contributed by atoms with Crippen LogP contribution in [0.25, 0.3) is 0 Å². The summed E-state index contributed by atoms with van der Waals surface area (Å²) in [5.74, 6) is -1.65. The molecule has 1 amide bonds. The summed E-state index contributed by atoms with van der Waals surface area (Å²) >= 11 is 6.48. The van der Waals surface area contributed by atoms with Gasteiger partial charge in [0, 0.05) is 11.4 Å². The van der Waals surface area contributed by atoms with Gasteiger partial charge in [0.2, 0.25) is 0 Å². The molecule has 1 aromatic carbocycles. The maximum absolute atomic E-state index is 12.4. The number of amidine groups is 1. The Morgan fingerprint density at radius 2 is 2.04 bits per heavy atom. The highest BCUT2D eigenvalue weighted by molar-refractivity contribution is 8.13. The molecule has 4 nitrogen and oxygen atoms in total. The average Bonchev–Trinajstić information content (AvgIpc) is 2.70. The molecule has 0 spiro atoms. The van der Waals surface area contributed by atoms with Crippen molar-refractivity contribution >= 4 is 45.7 Å². The quantitative estimate of drug-likeness (QED) is 0.810. The molecular weight excluding hydrogens is 347 g/mol. The first-order chi connectivity index (χ1) is 10.6. The van der Waals surface area contributed by atoms with E-state index in [0.29, 0.717) is 21.5 Å². The third-order valence-electron chi connectivity index (χ3n) is 3.04. The second-order valence-electron chi connectivity index (χ2n) is 5.33. The number of benzene rings is 1. The second kappa shape index (κ2) is 6.48. The Balaban J connectivity index is 2.07. The Hall–Kier alpha value is -1.61. The van der Waals surface area contributed by atoms with Crippen molar-refractivity contribution in [3.05, 3.63) is 29.8 Å². The van der Waals surface area contributed by atoms with Crippen molar-refractivity contribution in [3.8, 4) is 0 Å². The summed E-state index contributed by atoms with van der Waals surface area (Å²) < 4.78 is 37.1. The lowest BCUT2D eigenvalue weighted by atomic mass is 10.1. The molecule has 0 atom stereocenters. The lowest BCUT2D eigenvalue weighted by Crippen LogP contribution is -2.32. The van der Waals surface area contributed by atoms with Gasteiger partial charge in [0.1, 0.15) is 10.5 Å². The zero-order valence-corrected chi connectivity index (χ0v) is 14.0. The number of hydrogen-bond donors (Lipinski definition) is 2. The molecule has 2 N–H and O–H groups in total. The van der Waals surface area contributed by atoms with E-state index in [1.807, 2.05) is 19.2 Å². The predicted octanol–water partition coefficient (Wildman–Crippen LogP) is 3.49. The molecule has 0 saturated heterocycles. The molecule has 1 heterocycles. The van der Waals surface area contributed by atoms with Crippen molar-refractivity contribution in [2.24, 2.45) is 4.99 Å². The van der Waals surface area contributed by atoms with E-state index in [9.17, 15) is 18.0 Å². The number of aliphatic imine (C=N–C) groups is 1. The van der Waals surface area contributed by atoms with Crippen molar-refractivity contribution in [2.75, 3.05) is 5.32 Å². The Labute approximate surface area is 140 Å². The van der Waals surface area contributed by atoms with Crippen LogP contribution in [0.15, 0.2) is 29.3 Å². The van der Waals surface area contributed by atoms with Crippen molar-refractivity contribution in [3.63, 3.8) is 0 Å². The number of rotatable bonds is 3. The van der Waals surface area contributed by atoms with Crippen molar-refractivity contribution in [2.45, 2.75) is 31.3 Å². The van der Waals surface area contributed by atoms with Gasteiger partial charge in [0.05, 0.1) is 0 Å². The van der Waals surface area contributed by atoms with Gasteiger partial charge < -0.3 is 10.6 Å². The molecule has 0 fully saturated rings. The summed E-state index contributed by atoms with van der Waals surface area (Å²) in [6.07, 6.45) is -4.92. The van der Waals surface area contributed by atoms with Gasteiger partial charge >= 0.3 is 12.1 Å². The van der Waals surface area contributed by atoms with Crippen LogP contribution >= 0.6 is 24.0 Å². The van der Waals surface area contributed by atoms with E-state index in [1.54, 1.807) is 18.2 Å². The number of thiocarbonyl (C=S) groups is 1. The lowest BCUT2D eigenvalue weighted by molar-refractivity contribution is -0.167. The van der Waals surface area contributed by atoms with Crippen molar-refractivity contribution in [1.29, 1.82) is 0 Å². The highest BCUT2D eigenvalue weighted by Gasteiger charge is 2.39. The standard InChI is InChI=1S/C14H14F3N3OS2/c1-13(2)11(22)19-12(20-13)23-7-8-5-3-4-6-9(8)18-10(21)14(15,16)17/h3-6H,7H2,1-2H3,(H,18,21)(H,19,20,22). The minimum Gasteiger partial charge on any atom is -0.327 e. The molecule has 1 aromatic rings. The van der Waals surface area contributed by atoms with E-state index >= 15 is 0 Å². The van der Waals surface area contributed by atoms with Gasteiger partial charge in [-0.15, -0.1) is 0 Å². The van der Waals surface area contributed by atoms with Crippen LogP contribution in [0.1, 0.15) is 19.4 Å². The first kappa shape index (κ1) is 17.7. The Bertz CT molecular complexity index is 671. The second-order valence-corrected chi connectivity index (χ2v) is 6.70. The monoisotopic (exact) mass is 361 g/mol. The van der Waals surface area contributed by atoms with Crippen LogP contribution in [-0.4, -0.2) is 27.8 Å². The number of carbonyl (C=O) groups excluding carboxylic acids is 1. The van der Waals surface area contributed by atoms with E-state index < -0.39 is 17.6 Å². The lowest BCUT2D eigenvalue weighted by Gasteiger charge is -2.12. The number of nitrogens with one attached hydrogen (secondary N) is 2. The normalized spacial score (nSPS) is 16.7. The maximum Gasteiger partial charge on any atom is 0.471 e. The molecule has 2 rings (SSSR count). The molecular formula is C14H14F3N3OS2. The number of anilines is 1. The fourth-order valence-corrected chi connectivity index (χ4v) is 2.98. The van der Waals surface area contributed by atoms with E-state index in [0.717, 1.165) is 0 Å². The van der Waals surface area contributed by atoms with Crippen LogP contribution in [0.3, 0.4) is 0 Å². The summed E-state index contributed by atoms with van der Waals surface area (Å²) in [6.45, 7) is 3.74. The predicted molar refractivity (Wildman–Crippen MR) is 89.7 cm³/mol. The fraction of sp³-hybridized carbons (Fsp3) is 0.357. The average molecular weight is 361 g/mol. The van der Waals surface area contributed by atoms with Crippen LogP contribution in [0.2, 0.25) is 0 Å². The topological polar surface area (TPSA) is 53.5 Å². The number of carbonyl (C=O) groups is 1. The molecule has 0 aliphatic carbocycles. The van der Waals surface area contributed by atoms with Crippen LogP contribution in [0.4, 0.5) is 18.9 Å². The number of halogens is 3. The minimum absolute atomic E-state index is 0.128. The number of alkyl halides is 3. The molecule has 0 radical (unpaired) electrons. The minimum atomic E-state index is -4.92. The molecule has 23 heavy (non-hydrogen) atoms. The van der Waals surface area contributed by atoms with Gasteiger partial charge in [-0.1, -0.05) is 42.2 Å². The van der Waals surface area contributed by atoms with Gasteiger partial charge in [0.15, 0.2) is 5.17 Å². The number of hydrogen-bond acceptors (Lipinski definition) is 4. The van der Waals surface area contributed by atoms with Crippen LogP contribution in [0.5, 0.6) is 0 Å². The Kier molecular flexibility index (Phi) is 5.00. The third kappa shape index (κ3) is 4.44. The molecule has 1 aliphatic heterocycles. The number of para-hydroxylation sites is 1. The third-order valence-corrected chi connectivity index (χ3v) is 4.57.